The summed E-state index contributed by atoms with van der Waals surface area (Å²) in [5.74, 6) is 0.773. The molecule has 31 heavy (non-hydrogen) atoms. The largest absolute Gasteiger partial charge is 0.416 e. The summed E-state index contributed by atoms with van der Waals surface area (Å²) in [4.78, 5) is 12.3. The van der Waals surface area contributed by atoms with Gasteiger partial charge in [0.05, 0.1) is 16.3 Å². The van der Waals surface area contributed by atoms with Crippen molar-refractivity contribution in [1.29, 1.82) is 0 Å². The molecule has 1 unspecified atom stereocenters. The van der Waals surface area contributed by atoms with Crippen molar-refractivity contribution in [3.8, 4) is 0 Å². The van der Waals surface area contributed by atoms with Crippen LogP contribution in [0.25, 0.3) is 0 Å². The van der Waals surface area contributed by atoms with Crippen molar-refractivity contribution in [3.63, 3.8) is 0 Å². The highest BCUT2D eigenvalue weighted by Gasteiger charge is 2.30. The first-order valence-corrected chi connectivity index (χ1v) is 10.8. The molecule has 0 aliphatic carbocycles. The van der Waals surface area contributed by atoms with E-state index in [-0.39, 0.29) is 30.0 Å². The molecule has 1 aliphatic rings. The second-order valence-electron chi connectivity index (χ2n) is 7.55. The fraction of sp³-hybridized carbons (Fsp3) is 0.524. The molecule has 1 aromatic carbocycles. The van der Waals surface area contributed by atoms with E-state index in [0.717, 1.165) is 66.8 Å². The number of thiazole rings is 1. The number of rotatable bonds is 6. The van der Waals surface area contributed by atoms with Crippen LogP contribution >= 0.6 is 35.3 Å². The standard InChI is InChI=1S/C21H28F3N5S.HI/c1-14-19(30-15(2)27-14)8-10-26-20(25-3)28-18-9-11-29(13-18)12-16-4-6-17(7-5-16)21(22,23)24;/h4-7,18H,8-13H2,1-3H3,(H2,25,26,28);1H. The molecular formula is C21H29F3IN5S. The predicted molar refractivity (Wildman–Crippen MR) is 130 cm³/mol. The highest BCUT2D eigenvalue weighted by atomic mass is 127. The number of alkyl halides is 3. The van der Waals surface area contributed by atoms with E-state index >= 15 is 0 Å². The Hall–Kier alpha value is -1.40. The first-order chi connectivity index (χ1) is 14.2. The summed E-state index contributed by atoms with van der Waals surface area (Å²) in [5, 5.41) is 7.90. The number of nitrogens with zero attached hydrogens (tertiary/aromatic N) is 3. The molecule has 1 atom stereocenters. The lowest BCUT2D eigenvalue weighted by molar-refractivity contribution is -0.137. The number of hydrogen-bond donors (Lipinski definition) is 2. The Morgan fingerprint density at radius 3 is 2.55 bits per heavy atom. The summed E-state index contributed by atoms with van der Waals surface area (Å²) >= 11 is 1.73. The van der Waals surface area contributed by atoms with E-state index in [4.69, 9.17) is 0 Å². The molecule has 1 saturated heterocycles. The van der Waals surface area contributed by atoms with Crippen LogP contribution in [0.2, 0.25) is 0 Å². The molecule has 0 bridgehead atoms. The number of hydrogen-bond acceptors (Lipinski definition) is 4. The Morgan fingerprint density at radius 2 is 1.97 bits per heavy atom. The fourth-order valence-corrected chi connectivity index (χ4v) is 4.58. The van der Waals surface area contributed by atoms with Crippen molar-refractivity contribution in [2.45, 2.75) is 45.5 Å². The maximum Gasteiger partial charge on any atom is 0.416 e. The summed E-state index contributed by atoms with van der Waals surface area (Å²) in [7, 11) is 1.76. The lowest BCUT2D eigenvalue weighted by atomic mass is 10.1. The van der Waals surface area contributed by atoms with Crippen LogP contribution in [-0.2, 0) is 19.1 Å². The van der Waals surface area contributed by atoms with Gasteiger partial charge in [0.15, 0.2) is 5.96 Å². The number of halogens is 4. The first kappa shape index (κ1) is 25.9. The molecule has 1 aromatic heterocycles. The second-order valence-corrected chi connectivity index (χ2v) is 8.84. The smallest absolute Gasteiger partial charge is 0.356 e. The Bertz CT molecular complexity index is 867. The van der Waals surface area contributed by atoms with Gasteiger partial charge in [-0.15, -0.1) is 35.3 Å². The van der Waals surface area contributed by atoms with Gasteiger partial charge in [0.2, 0.25) is 0 Å². The van der Waals surface area contributed by atoms with E-state index < -0.39 is 11.7 Å². The minimum Gasteiger partial charge on any atom is -0.356 e. The van der Waals surface area contributed by atoms with E-state index in [1.165, 1.54) is 4.88 Å². The Morgan fingerprint density at radius 1 is 1.26 bits per heavy atom. The normalized spacial score (nSPS) is 17.5. The van der Waals surface area contributed by atoms with Gasteiger partial charge < -0.3 is 10.6 Å². The van der Waals surface area contributed by atoms with Crippen LogP contribution in [0.1, 0.15) is 33.1 Å². The van der Waals surface area contributed by atoms with E-state index in [2.05, 4.69) is 25.5 Å². The number of guanidine groups is 1. The zero-order valence-corrected chi connectivity index (χ0v) is 21.1. The van der Waals surface area contributed by atoms with Crippen LogP contribution in [0.4, 0.5) is 13.2 Å². The molecule has 5 nitrogen and oxygen atoms in total. The van der Waals surface area contributed by atoms with Gasteiger partial charge in [-0.25, -0.2) is 4.98 Å². The molecule has 1 fully saturated rings. The molecule has 0 spiro atoms. The number of nitrogens with one attached hydrogen (secondary N) is 2. The maximum absolute atomic E-state index is 12.7. The average molecular weight is 567 g/mol. The van der Waals surface area contributed by atoms with E-state index in [1.54, 1.807) is 30.5 Å². The number of likely N-dealkylation sites (tertiary alicyclic amines) is 1. The molecule has 3 rings (SSSR count). The molecule has 2 N–H and O–H groups in total. The molecule has 0 amide bonds. The zero-order chi connectivity index (χ0) is 21.7. The monoisotopic (exact) mass is 567 g/mol. The van der Waals surface area contributed by atoms with Crippen molar-refractivity contribution in [2.75, 3.05) is 26.7 Å². The lowest BCUT2D eigenvalue weighted by Gasteiger charge is -2.19. The summed E-state index contributed by atoms with van der Waals surface area (Å²) in [6, 6.07) is 5.69. The Balaban J connectivity index is 0.00000341. The van der Waals surface area contributed by atoms with Gasteiger partial charge in [0.1, 0.15) is 0 Å². The zero-order valence-electron chi connectivity index (χ0n) is 17.9. The average Bonchev–Trinajstić information content (AvgIpc) is 3.26. The van der Waals surface area contributed by atoms with Gasteiger partial charge >= 0.3 is 6.18 Å². The first-order valence-electron chi connectivity index (χ1n) is 10.0. The summed E-state index contributed by atoms with van der Waals surface area (Å²) in [6.45, 7) is 7.21. The molecule has 10 heteroatoms. The molecular weight excluding hydrogens is 538 g/mol. The van der Waals surface area contributed by atoms with Gasteiger partial charge in [-0.05, 0) is 38.0 Å². The maximum atomic E-state index is 12.7. The quantitative estimate of drug-likeness (QED) is 0.309. The van der Waals surface area contributed by atoms with Gasteiger partial charge in [-0.3, -0.25) is 9.89 Å². The minimum atomic E-state index is -4.29. The molecule has 2 aromatic rings. The number of benzene rings is 1. The molecule has 0 radical (unpaired) electrons. The van der Waals surface area contributed by atoms with E-state index in [9.17, 15) is 13.2 Å². The third-order valence-electron chi connectivity index (χ3n) is 5.17. The number of aromatic nitrogens is 1. The van der Waals surface area contributed by atoms with Crippen molar-refractivity contribution in [3.05, 3.63) is 51.0 Å². The highest BCUT2D eigenvalue weighted by molar-refractivity contribution is 14.0. The molecule has 1 aliphatic heterocycles. The van der Waals surface area contributed by atoms with Crippen LogP contribution in [0.3, 0.4) is 0 Å². The lowest BCUT2D eigenvalue weighted by Crippen LogP contribution is -2.45. The van der Waals surface area contributed by atoms with Crippen molar-refractivity contribution in [1.82, 2.24) is 20.5 Å². The van der Waals surface area contributed by atoms with Crippen LogP contribution in [-0.4, -0.2) is 48.6 Å². The predicted octanol–water partition coefficient (Wildman–Crippen LogP) is 4.38. The van der Waals surface area contributed by atoms with Gasteiger partial charge in [-0.1, -0.05) is 12.1 Å². The van der Waals surface area contributed by atoms with Crippen molar-refractivity contribution in [2.24, 2.45) is 4.99 Å². The summed E-state index contributed by atoms with van der Waals surface area (Å²) < 4.78 is 38.1. The molecule has 2 heterocycles. The van der Waals surface area contributed by atoms with Crippen molar-refractivity contribution < 1.29 is 13.2 Å². The topological polar surface area (TPSA) is 52.6 Å². The number of aryl methyl sites for hydroxylation is 2. The second kappa shape index (κ2) is 11.5. The van der Waals surface area contributed by atoms with Gasteiger partial charge in [-0.2, -0.15) is 13.2 Å². The highest BCUT2D eigenvalue weighted by Crippen LogP contribution is 2.29. The third kappa shape index (κ3) is 7.60. The SMILES string of the molecule is CN=C(NCCc1sc(C)nc1C)NC1CCN(Cc2ccc(C(F)(F)F)cc2)C1.I. The van der Waals surface area contributed by atoms with Gasteiger partial charge in [0, 0.05) is 50.6 Å². The van der Waals surface area contributed by atoms with Crippen LogP contribution < -0.4 is 10.6 Å². The number of aliphatic imine (C=N–C) groups is 1. The Labute approximate surface area is 202 Å². The van der Waals surface area contributed by atoms with E-state index in [0.29, 0.717) is 6.54 Å². The summed E-state index contributed by atoms with van der Waals surface area (Å²) in [6.07, 6.45) is -2.42. The van der Waals surface area contributed by atoms with Crippen LogP contribution in [0, 0.1) is 13.8 Å². The molecule has 172 valence electrons. The van der Waals surface area contributed by atoms with Gasteiger partial charge in [0.25, 0.3) is 0 Å². The third-order valence-corrected chi connectivity index (χ3v) is 6.30. The Kier molecular flexibility index (Phi) is 9.56. The molecule has 0 saturated carbocycles. The van der Waals surface area contributed by atoms with Crippen LogP contribution in [0.5, 0.6) is 0 Å². The van der Waals surface area contributed by atoms with Crippen LogP contribution in [0.15, 0.2) is 29.3 Å². The van der Waals surface area contributed by atoms with E-state index in [1.807, 2.05) is 13.8 Å². The fourth-order valence-electron chi connectivity index (χ4n) is 3.64. The van der Waals surface area contributed by atoms with Crippen molar-refractivity contribution >= 4 is 41.3 Å². The minimum absolute atomic E-state index is 0. The summed E-state index contributed by atoms with van der Waals surface area (Å²) in [5.41, 5.74) is 1.38.